The molecule has 0 saturated carbocycles. The number of hydrogen-bond acceptors (Lipinski definition) is 3. The molecule has 0 radical (unpaired) electrons. The normalized spacial score (nSPS) is 11.3. The highest BCUT2D eigenvalue weighted by atomic mass is 15.0. The Morgan fingerprint density at radius 3 is 1.50 bits per heavy atom. The van der Waals surface area contributed by atoms with E-state index in [0.717, 1.165) is 44.3 Å². The van der Waals surface area contributed by atoms with Gasteiger partial charge in [-0.3, -0.25) is 0 Å². The summed E-state index contributed by atoms with van der Waals surface area (Å²) in [4.78, 5) is 15.7. The average molecular weight is 688 g/mol. The van der Waals surface area contributed by atoms with Crippen molar-refractivity contribution >= 4 is 32.3 Å². The van der Waals surface area contributed by atoms with E-state index in [0.29, 0.717) is 17.5 Å². The maximum Gasteiger partial charge on any atom is 0.164 e. The van der Waals surface area contributed by atoms with Crippen LogP contribution in [0.25, 0.3) is 99.9 Å². The van der Waals surface area contributed by atoms with Gasteiger partial charge in [0.1, 0.15) is 0 Å². The minimum absolute atomic E-state index is 0.628. The Bertz CT molecular complexity index is 3000. The summed E-state index contributed by atoms with van der Waals surface area (Å²) in [7, 11) is 0. The van der Waals surface area contributed by atoms with E-state index in [9.17, 15) is 0 Å². The van der Waals surface area contributed by atoms with Crippen LogP contribution in [0.5, 0.6) is 0 Å². The molecule has 3 heteroatoms. The van der Waals surface area contributed by atoms with Gasteiger partial charge >= 0.3 is 0 Å². The number of benzene rings is 9. The van der Waals surface area contributed by atoms with Crippen LogP contribution in [0.15, 0.2) is 200 Å². The Balaban J connectivity index is 1.16. The van der Waals surface area contributed by atoms with Gasteiger partial charge in [0.2, 0.25) is 0 Å². The molecule has 0 bridgehead atoms. The zero-order chi connectivity index (χ0) is 35.8. The third-order valence-corrected chi connectivity index (χ3v) is 10.3. The first-order chi connectivity index (χ1) is 26.8. The standard InChI is InChI=1S/C51H33N3/c1-2-15-35(16-3-1)42-25-12-29-46-43(26-13-28-44(42)46)38-20-10-21-39(33-38)49-52-50(40-31-30-34-14-4-5-18-37(34)32-40)54-51(53-49)48-24-9-8-23-47(48)45-27-11-19-36-17-6-7-22-41(36)45/h1-33H. The largest absolute Gasteiger partial charge is 0.208 e. The molecule has 0 unspecified atom stereocenters. The first kappa shape index (κ1) is 31.5. The van der Waals surface area contributed by atoms with E-state index >= 15 is 0 Å². The van der Waals surface area contributed by atoms with Gasteiger partial charge in [-0.15, -0.1) is 0 Å². The van der Waals surface area contributed by atoms with E-state index in [1.807, 2.05) is 0 Å². The second-order valence-corrected chi connectivity index (χ2v) is 13.6. The molecule has 0 spiro atoms. The van der Waals surface area contributed by atoms with Gasteiger partial charge < -0.3 is 0 Å². The molecule has 10 aromatic rings. The zero-order valence-electron chi connectivity index (χ0n) is 29.4. The van der Waals surface area contributed by atoms with E-state index in [4.69, 9.17) is 15.0 Å². The molecule has 0 aliphatic carbocycles. The van der Waals surface area contributed by atoms with E-state index < -0.39 is 0 Å². The number of rotatable bonds is 6. The third-order valence-electron chi connectivity index (χ3n) is 10.3. The molecule has 10 rings (SSSR count). The Morgan fingerprint density at radius 2 is 0.704 bits per heavy atom. The number of aromatic nitrogens is 3. The van der Waals surface area contributed by atoms with Crippen LogP contribution >= 0.6 is 0 Å². The van der Waals surface area contributed by atoms with Gasteiger partial charge in [-0.25, -0.2) is 15.0 Å². The molecule has 1 heterocycles. The molecule has 0 aliphatic heterocycles. The lowest BCUT2D eigenvalue weighted by Crippen LogP contribution is -2.01. The van der Waals surface area contributed by atoms with Crippen molar-refractivity contribution in [2.24, 2.45) is 0 Å². The highest BCUT2D eigenvalue weighted by Gasteiger charge is 2.18. The van der Waals surface area contributed by atoms with Crippen molar-refractivity contribution in [3.63, 3.8) is 0 Å². The van der Waals surface area contributed by atoms with E-state index in [-0.39, 0.29) is 0 Å². The predicted octanol–water partition coefficient (Wildman–Crippen LogP) is 13.3. The van der Waals surface area contributed by atoms with Crippen LogP contribution in [-0.2, 0) is 0 Å². The lowest BCUT2D eigenvalue weighted by Gasteiger charge is -2.14. The minimum Gasteiger partial charge on any atom is -0.208 e. The molecule has 0 saturated heterocycles. The van der Waals surface area contributed by atoms with Crippen LogP contribution in [-0.4, -0.2) is 15.0 Å². The summed E-state index contributed by atoms with van der Waals surface area (Å²) in [6.07, 6.45) is 0. The molecule has 0 fully saturated rings. The molecule has 9 aromatic carbocycles. The molecule has 0 N–H and O–H groups in total. The minimum atomic E-state index is 0.628. The average Bonchev–Trinajstić information content (AvgIpc) is 3.26. The lowest BCUT2D eigenvalue weighted by atomic mass is 9.92. The SMILES string of the molecule is c1ccc(-c2cccc3c(-c4cccc(-c5nc(-c6ccc7ccccc7c6)nc(-c6ccccc6-c6cccc7ccccc67)n5)c4)cccc23)cc1. The monoisotopic (exact) mass is 687 g/mol. The van der Waals surface area contributed by atoms with E-state index in [1.54, 1.807) is 0 Å². The molecule has 0 amide bonds. The first-order valence-electron chi connectivity index (χ1n) is 18.3. The fourth-order valence-electron chi connectivity index (χ4n) is 7.71. The molecular weight excluding hydrogens is 655 g/mol. The van der Waals surface area contributed by atoms with Crippen LogP contribution in [0.2, 0.25) is 0 Å². The van der Waals surface area contributed by atoms with Crippen LogP contribution < -0.4 is 0 Å². The summed E-state index contributed by atoms with van der Waals surface area (Å²) in [5, 5.41) is 7.12. The van der Waals surface area contributed by atoms with Crippen molar-refractivity contribution in [1.29, 1.82) is 0 Å². The van der Waals surface area contributed by atoms with Crippen molar-refractivity contribution in [2.75, 3.05) is 0 Å². The molecule has 252 valence electrons. The quantitative estimate of drug-likeness (QED) is 0.175. The van der Waals surface area contributed by atoms with Crippen molar-refractivity contribution in [2.45, 2.75) is 0 Å². The Morgan fingerprint density at radius 1 is 0.222 bits per heavy atom. The van der Waals surface area contributed by atoms with Gasteiger partial charge in [0, 0.05) is 16.7 Å². The van der Waals surface area contributed by atoms with Gasteiger partial charge in [-0.1, -0.05) is 188 Å². The van der Waals surface area contributed by atoms with Gasteiger partial charge in [0.05, 0.1) is 0 Å². The summed E-state index contributed by atoms with van der Waals surface area (Å²) in [5.74, 6) is 1.90. The number of nitrogens with zero attached hydrogens (tertiary/aromatic N) is 3. The highest BCUT2D eigenvalue weighted by Crippen LogP contribution is 2.38. The molecular formula is C51H33N3. The third kappa shape index (κ3) is 5.69. The van der Waals surface area contributed by atoms with Crippen molar-refractivity contribution in [3.8, 4) is 67.5 Å². The fraction of sp³-hybridized carbons (Fsp3) is 0. The summed E-state index contributed by atoms with van der Waals surface area (Å²) in [6.45, 7) is 0. The van der Waals surface area contributed by atoms with Gasteiger partial charge in [0.25, 0.3) is 0 Å². The molecule has 0 aliphatic rings. The number of fused-ring (bicyclic) bond motifs is 3. The lowest BCUT2D eigenvalue weighted by molar-refractivity contribution is 1.07. The van der Waals surface area contributed by atoms with Crippen LogP contribution in [0.1, 0.15) is 0 Å². The van der Waals surface area contributed by atoms with Crippen LogP contribution in [0, 0.1) is 0 Å². The van der Waals surface area contributed by atoms with Gasteiger partial charge in [-0.2, -0.15) is 0 Å². The van der Waals surface area contributed by atoms with Gasteiger partial charge in [0.15, 0.2) is 17.5 Å². The molecule has 1 aromatic heterocycles. The van der Waals surface area contributed by atoms with Crippen LogP contribution in [0.4, 0.5) is 0 Å². The van der Waals surface area contributed by atoms with Crippen molar-refractivity contribution in [3.05, 3.63) is 200 Å². The van der Waals surface area contributed by atoms with Crippen molar-refractivity contribution < 1.29 is 0 Å². The van der Waals surface area contributed by atoms with E-state index in [2.05, 4.69) is 200 Å². The summed E-state index contributed by atoms with van der Waals surface area (Å²) < 4.78 is 0. The summed E-state index contributed by atoms with van der Waals surface area (Å²) in [6, 6.07) is 70.6. The fourth-order valence-corrected chi connectivity index (χ4v) is 7.71. The second-order valence-electron chi connectivity index (χ2n) is 13.6. The molecule has 54 heavy (non-hydrogen) atoms. The highest BCUT2D eigenvalue weighted by molar-refractivity contribution is 6.05. The maximum atomic E-state index is 5.26. The summed E-state index contributed by atoms with van der Waals surface area (Å²) >= 11 is 0. The molecule has 3 nitrogen and oxygen atoms in total. The van der Waals surface area contributed by atoms with E-state index in [1.165, 1.54) is 38.1 Å². The summed E-state index contributed by atoms with van der Waals surface area (Å²) in [5.41, 5.74) is 9.75. The molecule has 0 atom stereocenters. The number of hydrogen-bond donors (Lipinski definition) is 0. The van der Waals surface area contributed by atoms with Crippen LogP contribution in [0.3, 0.4) is 0 Å². The Kier molecular flexibility index (Phi) is 7.81. The smallest absolute Gasteiger partial charge is 0.164 e. The van der Waals surface area contributed by atoms with Gasteiger partial charge in [-0.05, 0) is 77.8 Å². The Hall–Kier alpha value is -7.23. The second kappa shape index (κ2) is 13.4. The Labute approximate surface area is 313 Å². The first-order valence-corrected chi connectivity index (χ1v) is 18.3. The topological polar surface area (TPSA) is 38.7 Å². The van der Waals surface area contributed by atoms with Crippen molar-refractivity contribution in [1.82, 2.24) is 15.0 Å². The maximum absolute atomic E-state index is 5.26. The zero-order valence-corrected chi connectivity index (χ0v) is 29.4. The predicted molar refractivity (Wildman–Crippen MR) is 225 cm³/mol.